The fraction of sp³-hybridized carbons (Fsp3) is 0.391. The third-order valence-corrected chi connectivity index (χ3v) is 4.92. The first kappa shape index (κ1) is 25.1. The number of nitro groups is 1. The molecule has 34 heavy (non-hydrogen) atoms. The van der Waals surface area contributed by atoms with Gasteiger partial charge in [-0.3, -0.25) is 19.7 Å². The number of benzene rings is 2. The fourth-order valence-electron chi connectivity index (χ4n) is 3.41. The number of carbonyl (C=O) groups excluding carboxylic acids is 2. The number of aliphatic hydroxyl groups is 1. The van der Waals surface area contributed by atoms with Gasteiger partial charge in [-0.1, -0.05) is 30.3 Å². The van der Waals surface area contributed by atoms with Crippen LogP contribution in [0.15, 0.2) is 54.6 Å². The van der Waals surface area contributed by atoms with Gasteiger partial charge < -0.3 is 28.8 Å². The average Bonchev–Trinajstić information content (AvgIpc) is 2.79. The van der Waals surface area contributed by atoms with Gasteiger partial charge in [0.2, 0.25) is 12.4 Å². The van der Waals surface area contributed by atoms with E-state index in [2.05, 4.69) is 0 Å². The van der Waals surface area contributed by atoms with E-state index in [0.717, 1.165) is 19.4 Å². The number of rotatable bonds is 9. The summed E-state index contributed by atoms with van der Waals surface area (Å²) in [4.78, 5) is 33.8. The first-order chi connectivity index (χ1) is 16.2. The number of ether oxygens (including phenoxy) is 5. The quantitative estimate of drug-likeness (QED) is 0.325. The summed E-state index contributed by atoms with van der Waals surface area (Å²) in [6.45, 7) is 2.46. The van der Waals surface area contributed by atoms with Gasteiger partial charge in [0.1, 0.15) is 18.0 Å². The Kier molecular flexibility index (Phi) is 8.52. The van der Waals surface area contributed by atoms with E-state index in [1.54, 1.807) is 0 Å². The molecule has 0 aromatic heterocycles. The predicted molar refractivity (Wildman–Crippen MR) is 116 cm³/mol. The second-order valence-corrected chi connectivity index (χ2v) is 7.55. The van der Waals surface area contributed by atoms with Crippen molar-refractivity contribution >= 4 is 17.6 Å². The predicted octanol–water partition coefficient (Wildman–Crippen LogP) is 2.14. The maximum Gasteiger partial charge on any atom is 0.303 e. The summed E-state index contributed by atoms with van der Waals surface area (Å²) in [5.41, 5.74) is 0.759. The van der Waals surface area contributed by atoms with Gasteiger partial charge in [0.15, 0.2) is 6.10 Å². The molecule has 0 spiro atoms. The molecule has 0 saturated carbocycles. The van der Waals surface area contributed by atoms with E-state index in [0.29, 0.717) is 0 Å². The minimum Gasteiger partial charge on any atom is -0.461 e. The van der Waals surface area contributed by atoms with Crippen LogP contribution in [0.5, 0.6) is 5.75 Å². The molecular formula is C23H25NO10. The van der Waals surface area contributed by atoms with E-state index in [1.807, 2.05) is 30.3 Å². The third kappa shape index (κ3) is 6.73. The molecule has 1 saturated heterocycles. The van der Waals surface area contributed by atoms with Crippen LogP contribution >= 0.6 is 0 Å². The van der Waals surface area contributed by atoms with Crippen molar-refractivity contribution < 1.29 is 43.3 Å². The van der Waals surface area contributed by atoms with Gasteiger partial charge in [0, 0.05) is 26.0 Å². The van der Waals surface area contributed by atoms with Crippen molar-refractivity contribution in [2.75, 3.05) is 6.61 Å². The second-order valence-electron chi connectivity index (χ2n) is 7.55. The molecule has 11 nitrogen and oxygen atoms in total. The zero-order valence-electron chi connectivity index (χ0n) is 18.6. The minimum atomic E-state index is -1.39. The van der Waals surface area contributed by atoms with Crippen LogP contribution in [0.25, 0.3) is 0 Å². The molecule has 1 aliphatic heterocycles. The van der Waals surface area contributed by atoms with Crippen molar-refractivity contribution in [3.63, 3.8) is 0 Å². The van der Waals surface area contributed by atoms with E-state index in [1.165, 1.54) is 24.3 Å². The monoisotopic (exact) mass is 475 g/mol. The molecule has 1 aliphatic rings. The SMILES string of the molecule is CC(=O)O[C@H]1[C@H](Oc2ccc([N+](=O)[O-])cc2)O[C@H](COCc2ccccc2)[C@H](O)[C@@H]1OC(C)=O. The van der Waals surface area contributed by atoms with E-state index in [9.17, 15) is 24.8 Å². The maximum atomic E-state index is 11.7. The van der Waals surface area contributed by atoms with Gasteiger partial charge in [0.05, 0.1) is 18.1 Å². The Morgan fingerprint density at radius 2 is 1.62 bits per heavy atom. The Morgan fingerprint density at radius 1 is 1.00 bits per heavy atom. The Balaban J connectivity index is 1.80. The van der Waals surface area contributed by atoms with E-state index in [4.69, 9.17) is 23.7 Å². The standard InChI is InChI=1S/C23H25NO10/c1-14(25)31-21-20(27)19(13-30-12-16-6-4-3-5-7-16)34-23(22(21)32-15(2)26)33-18-10-8-17(9-11-18)24(28)29/h3-11,19-23,27H,12-13H2,1-2H3/t19-,20+,21+,22-,23-/m1/s1. The van der Waals surface area contributed by atoms with Gasteiger partial charge in [-0.05, 0) is 17.7 Å². The molecule has 2 aromatic rings. The van der Waals surface area contributed by atoms with Gasteiger partial charge in [0.25, 0.3) is 5.69 Å². The lowest BCUT2D eigenvalue weighted by atomic mass is 9.98. The van der Waals surface area contributed by atoms with Crippen molar-refractivity contribution in [1.29, 1.82) is 0 Å². The Hall–Kier alpha value is -3.54. The van der Waals surface area contributed by atoms with Gasteiger partial charge in [-0.2, -0.15) is 0 Å². The summed E-state index contributed by atoms with van der Waals surface area (Å²) in [5.74, 6) is -1.25. The number of nitrogens with zero attached hydrogens (tertiary/aromatic N) is 1. The highest BCUT2D eigenvalue weighted by Crippen LogP contribution is 2.29. The molecule has 1 N–H and O–H groups in total. The minimum absolute atomic E-state index is 0.0826. The summed E-state index contributed by atoms with van der Waals surface area (Å²) in [6, 6.07) is 14.5. The zero-order valence-corrected chi connectivity index (χ0v) is 18.6. The third-order valence-electron chi connectivity index (χ3n) is 4.92. The number of aliphatic hydroxyl groups excluding tert-OH is 1. The second kappa shape index (κ2) is 11.5. The van der Waals surface area contributed by atoms with Crippen LogP contribution in [0.2, 0.25) is 0 Å². The Bertz CT molecular complexity index is 981. The highest BCUT2D eigenvalue weighted by atomic mass is 16.7. The lowest BCUT2D eigenvalue weighted by Gasteiger charge is -2.42. The van der Waals surface area contributed by atoms with Crippen LogP contribution in [0, 0.1) is 10.1 Å². The molecule has 11 heteroatoms. The number of nitro benzene ring substituents is 1. The van der Waals surface area contributed by atoms with Crippen molar-refractivity contribution in [2.24, 2.45) is 0 Å². The highest BCUT2D eigenvalue weighted by molar-refractivity contribution is 5.67. The number of hydrogen-bond acceptors (Lipinski definition) is 10. The molecule has 1 fully saturated rings. The Morgan fingerprint density at radius 3 is 2.21 bits per heavy atom. The van der Waals surface area contributed by atoms with Gasteiger partial charge >= 0.3 is 11.9 Å². The van der Waals surface area contributed by atoms with Crippen LogP contribution in [0.1, 0.15) is 19.4 Å². The molecule has 182 valence electrons. The number of esters is 2. The van der Waals surface area contributed by atoms with E-state index >= 15 is 0 Å². The molecular weight excluding hydrogens is 450 g/mol. The molecule has 0 aliphatic carbocycles. The van der Waals surface area contributed by atoms with Crippen LogP contribution in [0.3, 0.4) is 0 Å². The largest absolute Gasteiger partial charge is 0.461 e. The van der Waals surface area contributed by atoms with Crippen molar-refractivity contribution in [2.45, 2.75) is 51.2 Å². The summed E-state index contributed by atoms with van der Waals surface area (Å²) in [6.07, 6.45) is -6.30. The summed E-state index contributed by atoms with van der Waals surface area (Å²) < 4.78 is 27.8. The molecule has 2 aromatic carbocycles. The van der Waals surface area contributed by atoms with E-state index < -0.39 is 47.6 Å². The number of carbonyl (C=O) groups is 2. The molecule has 3 rings (SSSR count). The molecule has 5 atom stereocenters. The Labute approximate surface area is 195 Å². The van der Waals surface area contributed by atoms with E-state index in [-0.39, 0.29) is 24.7 Å². The summed E-state index contributed by atoms with van der Waals surface area (Å²) in [5, 5.41) is 21.7. The van der Waals surface area contributed by atoms with Gasteiger partial charge in [-0.25, -0.2) is 0 Å². The zero-order chi connectivity index (χ0) is 24.7. The van der Waals surface area contributed by atoms with Crippen molar-refractivity contribution in [1.82, 2.24) is 0 Å². The van der Waals surface area contributed by atoms with Crippen molar-refractivity contribution in [3.05, 3.63) is 70.3 Å². The van der Waals surface area contributed by atoms with Crippen LogP contribution in [0.4, 0.5) is 5.69 Å². The average molecular weight is 475 g/mol. The summed E-state index contributed by atoms with van der Waals surface area (Å²) >= 11 is 0. The molecule has 0 unspecified atom stereocenters. The smallest absolute Gasteiger partial charge is 0.303 e. The lowest BCUT2D eigenvalue weighted by molar-refractivity contribution is -0.384. The number of hydrogen-bond donors (Lipinski definition) is 1. The summed E-state index contributed by atoms with van der Waals surface area (Å²) in [7, 11) is 0. The first-order valence-corrected chi connectivity index (χ1v) is 10.5. The van der Waals surface area contributed by atoms with Crippen LogP contribution < -0.4 is 4.74 Å². The molecule has 0 amide bonds. The topological polar surface area (TPSA) is 144 Å². The van der Waals surface area contributed by atoms with Crippen LogP contribution in [-0.4, -0.2) is 59.3 Å². The number of non-ortho nitro benzene ring substituents is 1. The highest BCUT2D eigenvalue weighted by Gasteiger charge is 2.50. The van der Waals surface area contributed by atoms with Gasteiger partial charge in [-0.15, -0.1) is 0 Å². The van der Waals surface area contributed by atoms with Crippen molar-refractivity contribution in [3.8, 4) is 5.75 Å². The van der Waals surface area contributed by atoms with Crippen LogP contribution in [-0.2, 0) is 35.1 Å². The molecule has 0 bridgehead atoms. The molecule has 1 heterocycles. The lowest BCUT2D eigenvalue weighted by Crippen LogP contribution is -2.62. The fourth-order valence-corrected chi connectivity index (χ4v) is 3.41. The normalized spacial score (nSPS) is 24.1. The first-order valence-electron chi connectivity index (χ1n) is 10.5. The molecule has 0 radical (unpaired) electrons. The maximum absolute atomic E-state index is 11.7.